The smallest absolute Gasteiger partial charge is 0.132 e. The highest BCUT2D eigenvalue weighted by molar-refractivity contribution is 7.11. The molecule has 2 aromatic rings. The molecule has 0 atom stereocenters. The van der Waals surface area contributed by atoms with Crippen molar-refractivity contribution in [1.29, 1.82) is 5.26 Å². The summed E-state index contributed by atoms with van der Waals surface area (Å²) in [5, 5.41) is 11.2. The maximum absolute atomic E-state index is 13.8. The Morgan fingerprint density at radius 2 is 2.17 bits per heavy atom. The van der Waals surface area contributed by atoms with E-state index in [9.17, 15) is 4.39 Å². The molecule has 0 amide bonds. The van der Waals surface area contributed by atoms with Crippen LogP contribution in [0.5, 0.6) is 0 Å². The van der Waals surface area contributed by atoms with Crippen molar-refractivity contribution >= 4 is 33.5 Å². The SMILES string of the molecule is Cc1ccc(C(Cl)=C(C#N)c2cccs2)c(F)c1. The van der Waals surface area contributed by atoms with Gasteiger partial charge in [-0.1, -0.05) is 29.8 Å². The summed E-state index contributed by atoms with van der Waals surface area (Å²) in [4.78, 5) is 0.738. The fraction of sp³-hybridized carbons (Fsp3) is 0.0714. The van der Waals surface area contributed by atoms with Crippen LogP contribution in [-0.2, 0) is 0 Å². The second-order valence-electron chi connectivity index (χ2n) is 3.76. The van der Waals surface area contributed by atoms with Gasteiger partial charge in [0.1, 0.15) is 11.9 Å². The molecule has 0 bridgehead atoms. The molecule has 0 saturated carbocycles. The van der Waals surface area contributed by atoms with E-state index >= 15 is 0 Å². The third-order valence-electron chi connectivity index (χ3n) is 2.46. The monoisotopic (exact) mass is 277 g/mol. The highest BCUT2D eigenvalue weighted by Crippen LogP contribution is 2.32. The molecular formula is C14H9ClFNS. The molecule has 0 unspecified atom stereocenters. The Bertz CT molecular complexity index is 638. The van der Waals surface area contributed by atoms with Crippen molar-refractivity contribution in [2.75, 3.05) is 0 Å². The van der Waals surface area contributed by atoms with Gasteiger partial charge in [-0.2, -0.15) is 5.26 Å². The minimum atomic E-state index is -0.413. The van der Waals surface area contributed by atoms with Crippen molar-refractivity contribution in [3.8, 4) is 6.07 Å². The van der Waals surface area contributed by atoms with Crippen molar-refractivity contribution in [2.45, 2.75) is 6.92 Å². The Morgan fingerprint density at radius 3 is 2.72 bits per heavy atom. The van der Waals surface area contributed by atoms with Gasteiger partial charge in [0.2, 0.25) is 0 Å². The Hall–Kier alpha value is -1.63. The minimum absolute atomic E-state index is 0.150. The zero-order chi connectivity index (χ0) is 13.1. The van der Waals surface area contributed by atoms with Crippen molar-refractivity contribution < 1.29 is 4.39 Å². The number of halogens is 2. The summed E-state index contributed by atoms with van der Waals surface area (Å²) in [5.41, 5.74) is 1.37. The third-order valence-corrected chi connectivity index (χ3v) is 3.74. The van der Waals surface area contributed by atoms with Crippen LogP contribution in [0.4, 0.5) is 4.39 Å². The molecule has 1 aromatic carbocycles. The molecular weight excluding hydrogens is 269 g/mol. The molecule has 0 aliphatic heterocycles. The maximum Gasteiger partial charge on any atom is 0.132 e. The Balaban J connectivity index is 2.58. The lowest BCUT2D eigenvalue weighted by Crippen LogP contribution is -1.89. The van der Waals surface area contributed by atoms with Crippen LogP contribution in [0.15, 0.2) is 35.7 Å². The minimum Gasteiger partial charge on any atom is -0.206 e. The molecule has 1 heterocycles. The lowest BCUT2D eigenvalue weighted by Gasteiger charge is -2.05. The molecule has 18 heavy (non-hydrogen) atoms. The summed E-state index contributed by atoms with van der Waals surface area (Å²) in [6, 6.07) is 10.4. The lowest BCUT2D eigenvalue weighted by atomic mass is 10.1. The molecule has 1 aromatic heterocycles. The molecule has 4 heteroatoms. The average molecular weight is 278 g/mol. The fourth-order valence-electron chi connectivity index (χ4n) is 1.57. The first-order valence-electron chi connectivity index (χ1n) is 5.23. The summed E-state index contributed by atoms with van der Waals surface area (Å²) < 4.78 is 13.8. The molecule has 0 fully saturated rings. The number of hydrogen-bond acceptors (Lipinski definition) is 2. The largest absolute Gasteiger partial charge is 0.206 e. The van der Waals surface area contributed by atoms with Gasteiger partial charge in [0, 0.05) is 10.4 Å². The van der Waals surface area contributed by atoms with Crippen molar-refractivity contribution in [2.24, 2.45) is 0 Å². The van der Waals surface area contributed by atoms with Crippen molar-refractivity contribution in [1.82, 2.24) is 0 Å². The van der Waals surface area contributed by atoms with E-state index in [2.05, 4.69) is 0 Å². The van der Waals surface area contributed by atoms with E-state index in [1.165, 1.54) is 17.4 Å². The van der Waals surface area contributed by atoms with Gasteiger partial charge < -0.3 is 0 Å². The van der Waals surface area contributed by atoms with Gasteiger partial charge in [0.05, 0.1) is 10.6 Å². The van der Waals surface area contributed by atoms with E-state index in [1.807, 2.05) is 17.5 Å². The predicted octanol–water partition coefficient (Wildman–Crippen LogP) is 4.83. The van der Waals surface area contributed by atoms with Crippen molar-refractivity contribution in [3.63, 3.8) is 0 Å². The molecule has 1 nitrogen and oxygen atoms in total. The molecule has 0 N–H and O–H groups in total. The normalized spacial score (nSPS) is 11.9. The summed E-state index contributed by atoms with van der Waals surface area (Å²) >= 11 is 7.55. The molecule has 0 radical (unpaired) electrons. The quantitative estimate of drug-likeness (QED) is 0.722. The van der Waals surface area contributed by atoms with E-state index in [0.29, 0.717) is 5.57 Å². The Labute approximate surface area is 114 Å². The average Bonchev–Trinajstić information content (AvgIpc) is 2.83. The first kappa shape index (κ1) is 12.8. The van der Waals surface area contributed by atoms with Crippen LogP contribution in [0.3, 0.4) is 0 Å². The van der Waals surface area contributed by atoms with Gasteiger partial charge in [0.25, 0.3) is 0 Å². The van der Waals surface area contributed by atoms with Crippen LogP contribution in [0.1, 0.15) is 16.0 Å². The Kier molecular flexibility index (Phi) is 3.81. The first-order chi connectivity index (χ1) is 8.63. The van der Waals surface area contributed by atoms with Gasteiger partial charge in [0.15, 0.2) is 0 Å². The van der Waals surface area contributed by atoms with Crippen LogP contribution >= 0.6 is 22.9 Å². The van der Waals surface area contributed by atoms with Crippen LogP contribution in [0.25, 0.3) is 10.6 Å². The molecule has 0 aliphatic rings. The number of thiophene rings is 1. The number of aryl methyl sites for hydroxylation is 1. The van der Waals surface area contributed by atoms with Crippen LogP contribution < -0.4 is 0 Å². The van der Waals surface area contributed by atoms with Crippen molar-refractivity contribution in [3.05, 3.63) is 57.5 Å². The number of hydrogen-bond donors (Lipinski definition) is 0. The van der Waals surface area contributed by atoms with Gasteiger partial charge in [-0.15, -0.1) is 11.3 Å². The molecule has 0 aliphatic carbocycles. The van der Waals surface area contributed by atoms with Gasteiger partial charge in [-0.05, 0) is 30.0 Å². The van der Waals surface area contributed by atoms with Crippen LogP contribution in [0, 0.1) is 24.1 Å². The van der Waals surface area contributed by atoms with Gasteiger partial charge in [-0.25, -0.2) is 4.39 Å². The third kappa shape index (κ3) is 2.45. The zero-order valence-corrected chi connectivity index (χ0v) is 11.1. The van der Waals surface area contributed by atoms with Crippen LogP contribution in [0.2, 0.25) is 0 Å². The van der Waals surface area contributed by atoms with E-state index in [0.717, 1.165) is 10.4 Å². The first-order valence-corrected chi connectivity index (χ1v) is 6.49. The Morgan fingerprint density at radius 1 is 1.39 bits per heavy atom. The standard InChI is InChI=1S/C14H9ClFNS/c1-9-4-5-10(12(16)7-9)14(15)11(8-17)13-3-2-6-18-13/h2-7H,1H3. The number of nitrogens with zero attached hydrogens (tertiary/aromatic N) is 1. The highest BCUT2D eigenvalue weighted by Gasteiger charge is 2.13. The molecule has 0 saturated heterocycles. The summed E-state index contributed by atoms with van der Waals surface area (Å²) in [6.45, 7) is 1.80. The molecule has 90 valence electrons. The van der Waals surface area contributed by atoms with Gasteiger partial charge >= 0.3 is 0 Å². The number of allylic oxidation sites excluding steroid dienone is 1. The lowest BCUT2D eigenvalue weighted by molar-refractivity contribution is 0.623. The number of benzene rings is 1. The van der Waals surface area contributed by atoms with E-state index < -0.39 is 5.82 Å². The fourth-order valence-corrected chi connectivity index (χ4v) is 2.65. The summed E-state index contributed by atoms with van der Waals surface area (Å²) in [7, 11) is 0. The van der Waals surface area contributed by atoms with Gasteiger partial charge in [-0.3, -0.25) is 0 Å². The van der Waals surface area contributed by atoms with Crippen LogP contribution in [-0.4, -0.2) is 0 Å². The second kappa shape index (κ2) is 5.34. The second-order valence-corrected chi connectivity index (χ2v) is 5.09. The zero-order valence-electron chi connectivity index (χ0n) is 9.58. The van der Waals surface area contributed by atoms with E-state index in [1.54, 1.807) is 25.1 Å². The highest BCUT2D eigenvalue weighted by atomic mass is 35.5. The predicted molar refractivity (Wildman–Crippen MR) is 73.7 cm³/mol. The summed E-state index contributed by atoms with van der Waals surface area (Å²) in [6.07, 6.45) is 0. The maximum atomic E-state index is 13.8. The number of nitriles is 1. The summed E-state index contributed by atoms with van der Waals surface area (Å²) in [5.74, 6) is -0.413. The van der Waals surface area contributed by atoms with E-state index in [-0.39, 0.29) is 10.6 Å². The number of rotatable bonds is 2. The van der Waals surface area contributed by atoms with E-state index in [4.69, 9.17) is 16.9 Å². The topological polar surface area (TPSA) is 23.8 Å². The molecule has 2 rings (SSSR count). The molecule has 0 spiro atoms.